The molecule has 0 spiro atoms. The van der Waals surface area contributed by atoms with Crippen LogP contribution in [0.3, 0.4) is 0 Å². The Morgan fingerprint density at radius 3 is 2.57 bits per heavy atom. The number of likely N-dealkylation sites (tertiary alicyclic amines) is 1. The lowest BCUT2D eigenvalue weighted by molar-refractivity contribution is -0.138. The Hall–Kier alpha value is -1.59. The fourth-order valence-electron chi connectivity index (χ4n) is 3.55. The second-order valence-electron chi connectivity index (χ2n) is 6.35. The molecule has 0 aliphatic carbocycles. The van der Waals surface area contributed by atoms with Crippen LogP contribution < -0.4 is 10.1 Å². The molecule has 1 unspecified atom stereocenters. The maximum absolute atomic E-state index is 13.2. The minimum absolute atomic E-state index is 0.190. The number of rotatable bonds is 4. The van der Waals surface area contributed by atoms with Gasteiger partial charge in [-0.05, 0) is 37.0 Å². The summed E-state index contributed by atoms with van der Waals surface area (Å²) in [5.74, 6) is 1.06. The molecule has 2 aliphatic heterocycles. The van der Waals surface area contributed by atoms with Gasteiger partial charge < -0.3 is 15.0 Å². The molecule has 0 bridgehead atoms. The summed E-state index contributed by atoms with van der Waals surface area (Å²) in [6.45, 7) is 5.47. The largest absolute Gasteiger partial charge is 0.497 e. The third-order valence-corrected chi connectivity index (χ3v) is 4.83. The van der Waals surface area contributed by atoms with Crippen LogP contribution in [0.25, 0.3) is 0 Å². The highest BCUT2D eigenvalue weighted by molar-refractivity contribution is 5.83. The zero-order valence-corrected chi connectivity index (χ0v) is 14.0. The molecule has 0 radical (unpaired) electrons. The van der Waals surface area contributed by atoms with Crippen molar-refractivity contribution in [3.63, 3.8) is 0 Å². The molecule has 2 saturated heterocycles. The van der Waals surface area contributed by atoms with E-state index in [9.17, 15) is 4.79 Å². The van der Waals surface area contributed by atoms with Crippen molar-refractivity contribution in [2.75, 3.05) is 46.4 Å². The van der Waals surface area contributed by atoms with Crippen LogP contribution in [0.5, 0.6) is 5.75 Å². The first-order valence-electron chi connectivity index (χ1n) is 8.67. The van der Waals surface area contributed by atoms with Gasteiger partial charge in [-0.25, -0.2) is 0 Å². The SMILES string of the molecule is COc1cccc(C(C(=O)N2CCCCC2)N2CCNCC2)c1. The Morgan fingerprint density at radius 1 is 1.13 bits per heavy atom. The van der Waals surface area contributed by atoms with E-state index >= 15 is 0 Å². The monoisotopic (exact) mass is 317 g/mol. The third-order valence-electron chi connectivity index (χ3n) is 4.83. The number of carbonyl (C=O) groups is 1. The Balaban J connectivity index is 1.86. The number of carbonyl (C=O) groups excluding carboxylic acids is 1. The quantitative estimate of drug-likeness (QED) is 0.917. The van der Waals surface area contributed by atoms with Gasteiger partial charge in [0.05, 0.1) is 7.11 Å². The summed E-state index contributed by atoms with van der Waals surface area (Å²) in [5.41, 5.74) is 1.04. The van der Waals surface area contributed by atoms with Crippen molar-refractivity contribution in [3.8, 4) is 5.75 Å². The average Bonchev–Trinajstić information content (AvgIpc) is 2.64. The minimum Gasteiger partial charge on any atom is -0.497 e. The zero-order chi connectivity index (χ0) is 16.1. The molecule has 2 fully saturated rings. The van der Waals surface area contributed by atoms with Crippen LogP contribution in [-0.2, 0) is 4.79 Å². The van der Waals surface area contributed by atoms with Gasteiger partial charge in [0.2, 0.25) is 5.91 Å². The van der Waals surface area contributed by atoms with Gasteiger partial charge >= 0.3 is 0 Å². The highest BCUT2D eigenvalue weighted by Gasteiger charge is 2.32. The molecule has 5 heteroatoms. The second-order valence-corrected chi connectivity index (χ2v) is 6.35. The summed E-state index contributed by atoms with van der Waals surface area (Å²) in [6.07, 6.45) is 3.48. The lowest BCUT2D eigenvalue weighted by Gasteiger charge is -2.38. The van der Waals surface area contributed by atoms with Crippen LogP contribution in [0.2, 0.25) is 0 Å². The molecular formula is C18H27N3O2. The van der Waals surface area contributed by atoms with Crippen molar-refractivity contribution < 1.29 is 9.53 Å². The summed E-state index contributed by atoms with van der Waals surface area (Å²) in [6, 6.07) is 7.78. The normalized spacial score (nSPS) is 21.0. The summed E-state index contributed by atoms with van der Waals surface area (Å²) in [4.78, 5) is 17.6. The molecule has 0 saturated carbocycles. The van der Waals surface area contributed by atoms with Gasteiger partial charge in [0, 0.05) is 39.3 Å². The van der Waals surface area contributed by atoms with Gasteiger partial charge in [-0.2, -0.15) is 0 Å². The smallest absolute Gasteiger partial charge is 0.244 e. The molecule has 2 aliphatic rings. The first-order valence-corrected chi connectivity index (χ1v) is 8.67. The van der Waals surface area contributed by atoms with E-state index in [0.717, 1.165) is 63.4 Å². The molecule has 0 aromatic heterocycles. The number of hydrogen-bond acceptors (Lipinski definition) is 4. The van der Waals surface area contributed by atoms with E-state index in [1.165, 1.54) is 6.42 Å². The summed E-state index contributed by atoms with van der Waals surface area (Å²) in [5, 5.41) is 3.37. The molecule has 1 amide bonds. The van der Waals surface area contributed by atoms with E-state index in [4.69, 9.17) is 4.74 Å². The van der Waals surface area contributed by atoms with Gasteiger partial charge in [-0.15, -0.1) is 0 Å². The van der Waals surface area contributed by atoms with Crippen LogP contribution in [0, 0.1) is 0 Å². The van der Waals surface area contributed by atoms with Crippen LogP contribution >= 0.6 is 0 Å². The first kappa shape index (κ1) is 16.3. The van der Waals surface area contributed by atoms with Gasteiger partial charge in [0.1, 0.15) is 11.8 Å². The van der Waals surface area contributed by atoms with E-state index < -0.39 is 0 Å². The number of nitrogens with one attached hydrogen (secondary N) is 1. The number of hydrogen-bond donors (Lipinski definition) is 1. The Labute approximate surface area is 138 Å². The standard InChI is InChI=1S/C18H27N3O2/c1-23-16-7-5-6-15(14-16)17(20-12-8-19-9-13-20)18(22)21-10-3-2-4-11-21/h5-7,14,17,19H,2-4,8-13H2,1H3. The Morgan fingerprint density at radius 2 is 1.87 bits per heavy atom. The van der Waals surface area contributed by atoms with Crippen LogP contribution in [0.15, 0.2) is 24.3 Å². The summed E-state index contributed by atoms with van der Waals surface area (Å²) >= 11 is 0. The van der Waals surface area contributed by atoms with E-state index in [1.54, 1.807) is 7.11 Å². The number of amides is 1. The Kier molecular flexibility index (Phi) is 5.51. The fraction of sp³-hybridized carbons (Fsp3) is 0.611. The van der Waals surface area contributed by atoms with Crippen molar-refractivity contribution in [2.24, 2.45) is 0 Å². The maximum Gasteiger partial charge on any atom is 0.244 e. The molecule has 1 aromatic carbocycles. The highest BCUT2D eigenvalue weighted by Crippen LogP contribution is 2.28. The van der Waals surface area contributed by atoms with Crippen molar-refractivity contribution >= 4 is 5.91 Å². The molecular weight excluding hydrogens is 290 g/mol. The number of nitrogens with zero attached hydrogens (tertiary/aromatic N) is 2. The topological polar surface area (TPSA) is 44.8 Å². The lowest BCUT2D eigenvalue weighted by atomic mass is 10.0. The predicted octanol–water partition coefficient (Wildman–Crippen LogP) is 1.65. The molecule has 5 nitrogen and oxygen atoms in total. The van der Waals surface area contributed by atoms with Crippen molar-refractivity contribution in [1.29, 1.82) is 0 Å². The van der Waals surface area contributed by atoms with Gasteiger partial charge in [-0.3, -0.25) is 9.69 Å². The molecule has 1 atom stereocenters. The highest BCUT2D eigenvalue weighted by atomic mass is 16.5. The van der Waals surface area contributed by atoms with Crippen LogP contribution in [0.4, 0.5) is 0 Å². The van der Waals surface area contributed by atoms with Gasteiger partial charge in [0.25, 0.3) is 0 Å². The van der Waals surface area contributed by atoms with Crippen molar-refractivity contribution in [2.45, 2.75) is 25.3 Å². The third kappa shape index (κ3) is 3.85. The molecule has 3 rings (SSSR count). The number of piperidine rings is 1. The van der Waals surface area contributed by atoms with Gasteiger partial charge in [-0.1, -0.05) is 12.1 Å². The van der Waals surface area contributed by atoms with E-state index in [1.807, 2.05) is 18.2 Å². The molecule has 2 heterocycles. The molecule has 23 heavy (non-hydrogen) atoms. The Bertz CT molecular complexity index is 523. The van der Waals surface area contributed by atoms with Crippen LogP contribution in [-0.4, -0.2) is 62.1 Å². The lowest BCUT2D eigenvalue weighted by Crippen LogP contribution is -2.51. The molecule has 1 aromatic rings. The van der Waals surface area contributed by atoms with Crippen molar-refractivity contribution in [3.05, 3.63) is 29.8 Å². The average molecular weight is 317 g/mol. The summed E-state index contributed by atoms with van der Waals surface area (Å²) < 4.78 is 5.36. The van der Waals surface area contributed by atoms with Crippen molar-refractivity contribution in [1.82, 2.24) is 15.1 Å². The number of methoxy groups -OCH3 is 1. The predicted molar refractivity (Wildman–Crippen MR) is 90.6 cm³/mol. The zero-order valence-electron chi connectivity index (χ0n) is 14.0. The number of ether oxygens (including phenoxy) is 1. The fourth-order valence-corrected chi connectivity index (χ4v) is 3.55. The maximum atomic E-state index is 13.2. The van der Waals surface area contributed by atoms with Gasteiger partial charge in [0.15, 0.2) is 0 Å². The number of benzene rings is 1. The number of piperazine rings is 1. The summed E-state index contributed by atoms with van der Waals surface area (Å²) in [7, 11) is 1.67. The molecule has 126 valence electrons. The molecule has 1 N–H and O–H groups in total. The second kappa shape index (κ2) is 7.79. The van der Waals surface area contributed by atoms with Crippen LogP contribution in [0.1, 0.15) is 30.9 Å². The van der Waals surface area contributed by atoms with E-state index in [0.29, 0.717) is 0 Å². The van der Waals surface area contributed by atoms with E-state index in [2.05, 4.69) is 21.2 Å². The first-order chi connectivity index (χ1) is 11.3. The van der Waals surface area contributed by atoms with E-state index in [-0.39, 0.29) is 11.9 Å². The minimum atomic E-state index is -0.190.